The van der Waals surface area contributed by atoms with Crippen LogP contribution in [0.15, 0.2) is 0 Å². The van der Waals surface area contributed by atoms with Crippen LogP contribution in [0.4, 0.5) is 0 Å². The number of aliphatic carboxylic acids is 1. The summed E-state index contributed by atoms with van der Waals surface area (Å²) in [5.41, 5.74) is 0. The van der Waals surface area contributed by atoms with E-state index in [0.29, 0.717) is 13.0 Å². The van der Waals surface area contributed by atoms with E-state index in [0.717, 1.165) is 0 Å². The van der Waals surface area contributed by atoms with Crippen molar-refractivity contribution in [3.8, 4) is 0 Å². The summed E-state index contributed by atoms with van der Waals surface area (Å²) in [6, 6.07) is 0. The predicted molar refractivity (Wildman–Crippen MR) is 53.2 cm³/mol. The van der Waals surface area contributed by atoms with Crippen molar-refractivity contribution in [2.75, 3.05) is 20.8 Å². The van der Waals surface area contributed by atoms with E-state index < -0.39 is 12.6 Å². The normalized spacial score (nSPS) is 11.5. The van der Waals surface area contributed by atoms with E-state index in [9.17, 15) is 4.79 Å². The van der Waals surface area contributed by atoms with Crippen LogP contribution in [-0.4, -0.2) is 31.8 Å². The quantitative estimate of drug-likeness (QED) is 0.498. The second-order valence-corrected chi connectivity index (χ2v) is 5.75. The zero-order chi connectivity index (χ0) is 10.3. The van der Waals surface area contributed by atoms with Crippen molar-refractivity contribution in [1.29, 1.82) is 0 Å². The molecule has 7 heteroatoms. The van der Waals surface area contributed by atoms with Crippen LogP contribution in [-0.2, 0) is 25.6 Å². The fourth-order valence-corrected chi connectivity index (χ4v) is 1.77. The number of hydrogen-bond donors (Lipinski definition) is 2. The minimum atomic E-state index is -2.35. The highest BCUT2D eigenvalue weighted by Crippen LogP contribution is 2.41. The van der Waals surface area contributed by atoms with Crippen LogP contribution >= 0.6 is 6.64 Å². The highest BCUT2D eigenvalue weighted by molar-refractivity contribution is 8.08. The Balaban J connectivity index is 3.62. The number of rotatable bonds is 7. The second-order valence-electron chi connectivity index (χ2n) is 2.27. The summed E-state index contributed by atoms with van der Waals surface area (Å²) in [6.07, 6.45) is 0.635. The Kier molecular flexibility index (Phi) is 6.45. The molecule has 0 atom stereocenters. The lowest BCUT2D eigenvalue weighted by Crippen LogP contribution is -2.15. The lowest BCUT2D eigenvalue weighted by atomic mass is 10.3. The van der Waals surface area contributed by atoms with Gasteiger partial charge in [-0.2, -0.15) is 0 Å². The number of carboxylic acids is 1. The Morgan fingerprint density at radius 2 is 2.08 bits per heavy atom. The molecule has 2 N–H and O–H groups in total. The second kappa shape index (κ2) is 6.45. The minimum Gasteiger partial charge on any atom is -0.481 e. The molecule has 0 rings (SSSR count). The topological polar surface area (TPSA) is 67.8 Å². The van der Waals surface area contributed by atoms with E-state index in [2.05, 4.69) is 5.09 Å². The van der Waals surface area contributed by atoms with E-state index in [1.807, 2.05) is 0 Å². The molecule has 0 bridgehead atoms. The Bertz CT molecular complexity index is 203. The molecule has 0 aromatic carbocycles. The molecule has 0 heterocycles. The van der Waals surface area contributed by atoms with Gasteiger partial charge < -0.3 is 14.2 Å². The van der Waals surface area contributed by atoms with Gasteiger partial charge in [-0.15, -0.1) is 0 Å². The lowest BCUT2D eigenvalue weighted by Gasteiger charge is -2.18. The first-order valence-electron chi connectivity index (χ1n) is 3.72. The zero-order valence-electron chi connectivity index (χ0n) is 7.65. The van der Waals surface area contributed by atoms with Crippen LogP contribution in [0.25, 0.3) is 0 Å². The Hall–Kier alpha value is -0.0000000000000000763. The number of carbonyl (C=O) groups is 1. The Morgan fingerprint density at radius 1 is 1.54 bits per heavy atom. The van der Waals surface area contributed by atoms with E-state index in [4.69, 9.17) is 26.0 Å². The van der Waals surface area contributed by atoms with Crippen molar-refractivity contribution in [3.05, 3.63) is 0 Å². The zero-order valence-corrected chi connectivity index (χ0v) is 9.36. The van der Waals surface area contributed by atoms with Crippen molar-refractivity contribution in [2.24, 2.45) is 0 Å². The molecule has 0 aliphatic heterocycles. The SMILES string of the molecule is COP(=S)(NCCCC(=O)O)OC. The van der Waals surface area contributed by atoms with Crippen LogP contribution in [0.1, 0.15) is 12.8 Å². The molecule has 0 aliphatic carbocycles. The van der Waals surface area contributed by atoms with Crippen LogP contribution < -0.4 is 5.09 Å². The molecule has 0 aromatic rings. The first-order chi connectivity index (χ1) is 6.04. The molecule has 0 amide bonds. The number of hydrogen-bond acceptors (Lipinski definition) is 4. The maximum atomic E-state index is 10.2. The van der Waals surface area contributed by atoms with Crippen LogP contribution in [0, 0.1) is 0 Å². The van der Waals surface area contributed by atoms with Crippen molar-refractivity contribution < 1.29 is 18.9 Å². The minimum absolute atomic E-state index is 0.121. The van der Waals surface area contributed by atoms with Gasteiger partial charge in [0.2, 0.25) is 0 Å². The van der Waals surface area contributed by atoms with Gasteiger partial charge in [0, 0.05) is 27.2 Å². The van der Waals surface area contributed by atoms with Gasteiger partial charge in [-0.05, 0) is 18.2 Å². The van der Waals surface area contributed by atoms with Gasteiger partial charge in [0.15, 0.2) is 0 Å². The van der Waals surface area contributed by atoms with Crippen LogP contribution in [0.5, 0.6) is 0 Å². The third-order valence-corrected chi connectivity index (χ3v) is 4.21. The maximum absolute atomic E-state index is 10.2. The van der Waals surface area contributed by atoms with Crippen molar-refractivity contribution in [2.45, 2.75) is 12.8 Å². The monoisotopic (exact) mass is 227 g/mol. The smallest absolute Gasteiger partial charge is 0.303 e. The molecule has 0 unspecified atom stereocenters. The van der Waals surface area contributed by atoms with Gasteiger partial charge in [0.25, 0.3) is 6.64 Å². The molecule has 5 nitrogen and oxygen atoms in total. The molecule has 13 heavy (non-hydrogen) atoms. The average molecular weight is 227 g/mol. The highest BCUT2D eigenvalue weighted by atomic mass is 32.5. The van der Waals surface area contributed by atoms with E-state index in [1.54, 1.807) is 0 Å². The summed E-state index contributed by atoms with van der Waals surface area (Å²) in [5, 5.41) is 11.2. The Labute approximate surface area is 82.6 Å². The highest BCUT2D eigenvalue weighted by Gasteiger charge is 2.13. The van der Waals surface area contributed by atoms with Gasteiger partial charge >= 0.3 is 5.97 Å². The molecular formula is C6H14NO4PS. The third kappa shape index (κ3) is 6.12. The molecule has 78 valence electrons. The number of nitrogens with one attached hydrogen (secondary N) is 1. The fraction of sp³-hybridized carbons (Fsp3) is 0.833. The average Bonchev–Trinajstić information content (AvgIpc) is 2.12. The molecule has 0 aromatic heterocycles. The van der Waals surface area contributed by atoms with Gasteiger partial charge in [-0.25, -0.2) is 5.09 Å². The van der Waals surface area contributed by atoms with Crippen LogP contribution in [0.2, 0.25) is 0 Å². The van der Waals surface area contributed by atoms with Gasteiger partial charge in [0.1, 0.15) is 0 Å². The largest absolute Gasteiger partial charge is 0.481 e. The standard InChI is InChI=1S/C6H14NO4PS/c1-10-12(13,11-2)7-5-3-4-6(8)9/h3-5H2,1-2H3,(H,7,13)(H,8,9). The van der Waals surface area contributed by atoms with Crippen molar-refractivity contribution in [3.63, 3.8) is 0 Å². The molecule has 0 saturated heterocycles. The van der Waals surface area contributed by atoms with Gasteiger partial charge in [-0.1, -0.05) is 0 Å². The van der Waals surface area contributed by atoms with Crippen molar-refractivity contribution in [1.82, 2.24) is 5.09 Å². The third-order valence-electron chi connectivity index (χ3n) is 1.35. The summed E-state index contributed by atoms with van der Waals surface area (Å²) in [4.78, 5) is 10.2. The van der Waals surface area contributed by atoms with Gasteiger partial charge in [0.05, 0.1) is 0 Å². The lowest BCUT2D eigenvalue weighted by molar-refractivity contribution is -0.137. The predicted octanol–water partition coefficient (Wildman–Crippen LogP) is 0.958. The summed E-state index contributed by atoms with van der Waals surface area (Å²) in [7, 11) is 2.93. The molecule has 0 radical (unpaired) electrons. The Morgan fingerprint density at radius 3 is 2.46 bits per heavy atom. The van der Waals surface area contributed by atoms with E-state index >= 15 is 0 Å². The fourth-order valence-electron chi connectivity index (χ4n) is 0.659. The van der Waals surface area contributed by atoms with Crippen LogP contribution in [0.3, 0.4) is 0 Å². The maximum Gasteiger partial charge on any atom is 0.303 e. The molecule has 0 fully saturated rings. The molecule has 0 aliphatic rings. The molecule has 0 spiro atoms. The molecular weight excluding hydrogens is 213 g/mol. The summed E-state index contributed by atoms with van der Waals surface area (Å²) >= 11 is 4.99. The van der Waals surface area contributed by atoms with Crippen molar-refractivity contribution >= 4 is 24.4 Å². The van der Waals surface area contributed by atoms with Gasteiger partial charge in [-0.3, -0.25) is 4.79 Å². The molecule has 0 saturated carbocycles. The first-order valence-corrected chi connectivity index (χ1v) is 6.36. The summed E-state index contributed by atoms with van der Waals surface area (Å²) in [5.74, 6) is -0.815. The van der Waals surface area contributed by atoms with E-state index in [-0.39, 0.29) is 6.42 Å². The first kappa shape index (κ1) is 13.0. The summed E-state index contributed by atoms with van der Waals surface area (Å²) in [6.45, 7) is -1.86. The number of carboxylic acid groups (broad SMARTS) is 1. The summed E-state index contributed by atoms with van der Waals surface area (Å²) < 4.78 is 9.88. The van der Waals surface area contributed by atoms with E-state index in [1.165, 1.54) is 14.2 Å².